The molecule has 2 amide bonds. The summed E-state index contributed by atoms with van der Waals surface area (Å²) in [7, 11) is 1.75. The van der Waals surface area contributed by atoms with Crippen molar-refractivity contribution in [3.05, 3.63) is 29.6 Å². The normalized spacial score (nSPS) is 10.2. The Balaban J connectivity index is 3.00. The summed E-state index contributed by atoms with van der Waals surface area (Å²) >= 11 is 0. The summed E-state index contributed by atoms with van der Waals surface area (Å²) in [6.07, 6.45) is 0. The van der Waals surface area contributed by atoms with Crippen LogP contribution in [0, 0.1) is 5.82 Å². The summed E-state index contributed by atoms with van der Waals surface area (Å²) in [5.41, 5.74) is 11.0. The van der Waals surface area contributed by atoms with E-state index in [0.29, 0.717) is 6.54 Å². The van der Waals surface area contributed by atoms with Crippen LogP contribution in [0.2, 0.25) is 0 Å². The molecule has 1 aromatic carbocycles. The Morgan fingerprint density at radius 2 is 1.84 bits per heavy atom. The van der Waals surface area contributed by atoms with Gasteiger partial charge in [0.15, 0.2) is 0 Å². The van der Waals surface area contributed by atoms with Crippen LogP contribution >= 0.6 is 0 Å². The Hall–Kier alpha value is -2.15. The minimum Gasteiger partial charge on any atom is -0.368 e. The molecule has 0 saturated heterocycles. The van der Waals surface area contributed by atoms with E-state index in [2.05, 4.69) is 5.32 Å². The van der Waals surface area contributed by atoms with E-state index in [1.165, 1.54) is 17.0 Å². The van der Waals surface area contributed by atoms with Gasteiger partial charge in [-0.05, 0) is 24.7 Å². The first-order chi connectivity index (χ1) is 8.93. The first kappa shape index (κ1) is 14.9. The molecule has 0 aromatic heterocycles. The van der Waals surface area contributed by atoms with Gasteiger partial charge in [0.2, 0.25) is 11.8 Å². The molecule has 19 heavy (non-hydrogen) atoms. The van der Waals surface area contributed by atoms with Crippen LogP contribution in [0.1, 0.15) is 5.56 Å². The largest absolute Gasteiger partial charge is 0.368 e. The molecule has 0 spiro atoms. The molecule has 7 heteroatoms. The van der Waals surface area contributed by atoms with Crippen LogP contribution in [-0.2, 0) is 16.1 Å². The lowest BCUT2D eigenvalue weighted by Gasteiger charge is -2.22. The summed E-state index contributed by atoms with van der Waals surface area (Å²) in [5.74, 6) is -1.87. The van der Waals surface area contributed by atoms with Crippen LogP contribution in [-0.4, -0.2) is 32.0 Å². The van der Waals surface area contributed by atoms with Gasteiger partial charge in [-0.15, -0.1) is 0 Å². The van der Waals surface area contributed by atoms with Gasteiger partial charge < -0.3 is 21.7 Å². The lowest BCUT2D eigenvalue weighted by Crippen LogP contribution is -2.40. The Morgan fingerprint density at radius 3 is 2.26 bits per heavy atom. The molecule has 0 unspecified atom stereocenters. The van der Waals surface area contributed by atoms with E-state index in [4.69, 9.17) is 11.5 Å². The average Bonchev–Trinajstić information content (AvgIpc) is 2.27. The highest BCUT2D eigenvalue weighted by molar-refractivity contribution is 5.84. The zero-order valence-corrected chi connectivity index (χ0v) is 10.6. The number of carbonyl (C=O) groups is 2. The summed E-state index contributed by atoms with van der Waals surface area (Å²) in [5, 5.41) is 2.90. The molecular formula is C12H17FN4O2. The molecule has 0 heterocycles. The van der Waals surface area contributed by atoms with Crippen molar-refractivity contribution >= 4 is 17.5 Å². The zero-order chi connectivity index (χ0) is 14.4. The van der Waals surface area contributed by atoms with Gasteiger partial charge in [-0.3, -0.25) is 9.59 Å². The SMILES string of the molecule is CNCc1ccc(N(CC(N)=O)CC(N)=O)c(F)c1. The molecule has 1 rings (SSSR count). The number of nitrogens with zero attached hydrogens (tertiary/aromatic N) is 1. The molecule has 0 radical (unpaired) electrons. The second kappa shape index (κ2) is 6.69. The summed E-state index contributed by atoms with van der Waals surface area (Å²) < 4.78 is 14.0. The van der Waals surface area contributed by atoms with E-state index in [1.54, 1.807) is 13.1 Å². The van der Waals surface area contributed by atoms with Crippen molar-refractivity contribution in [2.75, 3.05) is 25.0 Å². The molecule has 0 fully saturated rings. The third-order valence-corrected chi connectivity index (χ3v) is 2.43. The fourth-order valence-electron chi connectivity index (χ4n) is 1.72. The number of rotatable bonds is 7. The highest BCUT2D eigenvalue weighted by Crippen LogP contribution is 2.20. The Morgan fingerprint density at radius 1 is 1.26 bits per heavy atom. The van der Waals surface area contributed by atoms with Crippen LogP contribution in [0.4, 0.5) is 10.1 Å². The number of hydrogen-bond donors (Lipinski definition) is 3. The number of benzene rings is 1. The highest BCUT2D eigenvalue weighted by atomic mass is 19.1. The van der Waals surface area contributed by atoms with Crippen molar-refractivity contribution < 1.29 is 14.0 Å². The summed E-state index contributed by atoms with van der Waals surface area (Å²) in [6.45, 7) is -0.0285. The minimum absolute atomic E-state index is 0.123. The van der Waals surface area contributed by atoms with Crippen LogP contribution in [0.15, 0.2) is 18.2 Å². The molecule has 5 N–H and O–H groups in total. The number of nitrogens with one attached hydrogen (secondary N) is 1. The first-order valence-corrected chi connectivity index (χ1v) is 5.68. The number of primary amides is 2. The zero-order valence-electron chi connectivity index (χ0n) is 10.6. The van der Waals surface area contributed by atoms with E-state index in [-0.39, 0.29) is 18.8 Å². The van der Waals surface area contributed by atoms with Gasteiger partial charge in [0, 0.05) is 6.54 Å². The second-order valence-electron chi connectivity index (χ2n) is 4.10. The second-order valence-corrected chi connectivity index (χ2v) is 4.10. The number of nitrogens with two attached hydrogens (primary N) is 2. The molecule has 0 aliphatic rings. The Kier molecular flexibility index (Phi) is 5.25. The third-order valence-electron chi connectivity index (χ3n) is 2.43. The Bertz CT molecular complexity index is 463. The fourth-order valence-corrected chi connectivity index (χ4v) is 1.72. The lowest BCUT2D eigenvalue weighted by atomic mass is 10.1. The van der Waals surface area contributed by atoms with Gasteiger partial charge in [-0.1, -0.05) is 6.07 Å². The lowest BCUT2D eigenvalue weighted by molar-refractivity contribution is -0.117. The molecule has 104 valence electrons. The molecule has 1 aromatic rings. The molecule has 0 saturated carbocycles. The molecule has 0 aliphatic heterocycles. The van der Waals surface area contributed by atoms with E-state index < -0.39 is 17.6 Å². The van der Waals surface area contributed by atoms with Gasteiger partial charge >= 0.3 is 0 Å². The van der Waals surface area contributed by atoms with Gasteiger partial charge in [-0.25, -0.2) is 4.39 Å². The number of anilines is 1. The van der Waals surface area contributed by atoms with E-state index in [9.17, 15) is 14.0 Å². The van der Waals surface area contributed by atoms with Crippen LogP contribution < -0.4 is 21.7 Å². The van der Waals surface area contributed by atoms with Crippen molar-refractivity contribution in [2.45, 2.75) is 6.54 Å². The van der Waals surface area contributed by atoms with Crippen molar-refractivity contribution in [1.82, 2.24) is 5.32 Å². The summed E-state index contributed by atoms with van der Waals surface area (Å²) in [6, 6.07) is 4.53. The van der Waals surface area contributed by atoms with Gasteiger partial charge in [-0.2, -0.15) is 0 Å². The topological polar surface area (TPSA) is 101 Å². The van der Waals surface area contributed by atoms with E-state index >= 15 is 0 Å². The molecule has 6 nitrogen and oxygen atoms in total. The smallest absolute Gasteiger partial charge is 0.236 e. The van der Waals surface area contributed by atoms with Gasteiger partial charge in [0.1, 0.15) is 5.82 Å². The number of carbonyl (C=O) groups excluding carboxylic acids is 2. The third kappa shape index (κ3) is 4.55. The number of halogens is 1. The summed E-state index contributed by atoms with van der Waals surface area (Å²) in [4.78, 5) is 23.1. The van der Waals surface area contributed by atoms with Crippen LogP contribution in [0.3, 0.4) is 0 Å². The van der Waals surface area contributed by atoms with Crippen molar-refractivity contribution in [2.24, 2.45) is 11.5 Å². The standard InChI is InChI=1S/C12H17FN4O2/c1-16-5-8-2-3-10(9(13)4-8)17(6-11(14)18)7-12(15)19/h2-4,16H,5-7H2,1H3,(H2,14,18)(H2,15,19). The Labute approximate surface area is 110 Å². The minimum atomic E-state index is -0.667. The van der Waals surface area contributed by atoms with Crippen molar-refractivity contribution in [3.8, 4) is 0 Å². The van der Waals surface area contributed by atoms with Crippen molar-refractivity contribution in [1.29, 1.82) is 0 Å². The predicted octanol–water partition coefficient (Wildman–Crippen LogP) is -0.678. The monoisotopic (exact) mass is 268 g/mol. The van der Waals surface area contributed by atoms with Gasteiger partial charge in [0.05, 0.1) is 18.8 Å². The van der Waals surface area contributed by atoms with E-state index in [0.717, 1.165) is 5.56 Å². The van der Waals surface area contributed by atoms with Crippen molar-refractivity contribution in [3.63, 3.8) is 0 Å². The maximum atomic E-state index is 14.0. The number of amides is 2. The average molecular weight is 268 g/mol. The quantitative estimate of drug-likeness (QED) is 0.610. The highest BCUT2D eigenvalue weighted by Gasteiger charge is 2.16. The first-order valence-electron chi connectivity index (χ1n) is 5.68. The van der Waals surface area contributed by atoms with Crippen LogP contribution in [0.5, 0.6) is 0 Å². The maximum Gasteiger partial charge on any atom is 0.236 e. The fraction of sp³-hybridized carbons (Fsp3) is 0.333. The molecular weight excluding hydrogens is 251 g/mol. The molecule has 0 atom stereocenters. The van der Waals surface area contributed by atoms with E-state index in [1.807, 2.05) is 0 Å². The molecule has 0 aliphatic carbocycles. The van der Waals surface area contributed by atoms with Crippen LogP contribution in [0.25, 0.3) is 0 Å². The molecule has 0 bridgehead atoms. The van der Waals surface area contributed by atoms with Gasteiger partial charge in [0.25, 0.3) is 0 Å². The number of hydrogen-bond acceptors (Lipinski definition) is 4. The maximum absolute atomic E-state index is 14.0. The predicted molar refractivity (Wildman–Crippen MR) is 69.8 cm³/mol.